The molecule has 1 N–H and O–H groups in total. The van der Waals surface area contributed by atoms with Crippen LogP contribution in [0.4, 0.5) is 0 Å². The molecule has 3 aromatic rings. The number of rotatable bonds is 4. The minimum absolute atomic E-state index is 0.107. The lowest BCUT2D eigenvalue weighted by Crippen LogP contribution is -1.98. The Labute approximate surface area is 124 Å². The van der Waals surface area contributed by atoms with Gasteiger partial charge in [0.15, 0.2) is 0 Å². The summed E-state index contributed by atoms with van der Waals surface area (Å²) in [5.41, 5.74) is 2.69. The van der Waals surface area contributed by atoms with Crippen LogP contribution in [0, 0.1) is 0 Å². The summed E-state index contributed by atoms with van der Waals surface area (Å²) in [7, 11) is 0. The Morgan fingerprint density at radius 2 is 1.85 bits per heavy atom. The van der Waals surface area contributed by atoms with Crippen molar-refractivity contribution >= 4 is 51.3 Å². The molecule has 1 aromatic heterocycles. The highest BCUT2D eigenvalue weighted by Gasteiger charge is 2.08. The highest BCUT2D eigenvalue weighted by Crippen LogP contribution is 2.31. The van der Waals surface area contributed by atoms with Gasteiger partial charge in [0.2, 0.25) is 0 Å². The maximum absolute atomic E-state index is 10.5. The molecule has 1 heterocycles. The molecule has 3 rings (SSSR count). The molecule has 0 amide bonds. The van der Waals surface area contributed by atoms with E-state index in [0.717, 1.165) is 27.5 Å². The summed E-state index contributed by atoms with van der Waals surface area (Å²) in [6, 6.07) is 11.5. The van der Waals surface area contributed by atoms with E-state index in [-0.39, 0.29) is 5.75 Å². The molecule has 3 nitrogen and oxygen atoms in total. The van der Waals surface area contributed by atoms with Crippen LogP contribution in [0.3, 0.4) is 0 Å². The van der Waals surface area contributed by atoms with Crippen molar-refractivity contribution in [2.24, 2.45) is 0 Å². The third-order valence-corrected chi connectivity index (χ3v) is 4.21. The number of thioether (sulfide) groups is 1. The Bertz CT molecular complexity index is 794. The van der Waals surface area contributed by atoms with Gasteiger partial charge in [-0.2, -0.15) is 0 Å². The summed E-state index contributed by atoms with van der Waals surface area (Å²) in [6.07, 6.45) is 0. The largest absolute Gasteiger partial charge is 0.481 e. The third kappa shape index (κ3) is 2.62. The van der Waals surface area contributed by atoms with Gasteiger partial charge in [0, 0.05) is 21.5 Å². The number of carbonyl (C=O) groups is 1. The third-order valence-electron chi connectivity index (χ3n) is 2.99. The van der Waals surface area contributed by atoms with Crippen LogP contribution >= 0.6 is 23.4 Å². The predicted molar refractivity (Wildman–Crippen MR) is 82.5 cm³/mol. The Morgan fingerprint density at radius 1 is 1.15 bits per heavy atom. The number of halogens is 1. The van der Waals surface area contributed by atoms with Crippen LogP contribution in [-0.4, -0.2) is 16.8 Å². The number of aliphatic carboxylic acids is 1. The Morgan fingerprint density at radius 3 is 2.60 bits per heavy atom. The quantitative estimate of drug-likeness (QED) is 0.768. The summed E-state index contributed by atoms with van der Waals surface area (Å²) >= 11 is 7.40. The number of furan rings is 1. The van der Waals surface area contributed by atoms with E-state index in [9.17, 15) is 4.79 Å². The summed E-state index contributed by atoms with van der Waals surface area (Å²) in [5, 5.41) is 11.3. The van der Waals surface area contributed by atoms with Gasteiger partial charge in [-0.15, -0.1) is 11.8 Å². The first-order valence-corrected chi connectivity index (χ1v) is 7.57. The zero-order valence-corrected chi connectivity index (χ0v) is 12.0. The maximum Gasteiger partial charge on any atom is 0.313 e. The average molecular weight is 307 g/mol. The van der Waals surface area contributed by atoms with E-state index in [1.165, 1.54) is 11.8 Å². The fraction of sp³-hybridized carbons (Fsp3) is 0.133. The van der Waals surface area contributed by atoms with Crippen molar-refractivity contribution in [2.45, 2.75) is 5.75 Å². The molecule has 0 radical (unpaired) electrons. The van der Waals surface area contributed by atoms with Crippen LogP contribution in [0.15, 0.2) is 40.8 Å². The molecule has 0 spiro atoms. The molecule has 0 aliphatic heterocycles. The maximum atomic E-state index is 10.5. The second-order valence-electron chi connectivity index (χ2n) is 4.46. The van der Waals surface area contributed by atoms with E-state index < -0.39 is 5.97 Å². The van der Waals surface area contributed by atoms with Crippen LogP contribution in [0.2, 0.25) is 5.02 Å². The topological polar surface area (TPSA) is 50.4 Å². The zero-order chi connectivity index (χ0) is 14.1. The lowest BCUT2D eigenvalue weighted by atomic mass is 10.1. The lowest BCUT2D eigenvalue weighted by molar-refractivity contribution is -0.133. The van der Waals surface area contributed by atoms with Crippen LogP contribution in [0.25, 0.3) is 21.9 Å². The molecule has 0 unspecified atom stereocenters. The van der Waals surface area contributed by atoms with Crippen molar-refractivity contribution in [3.63, 3.8) is 0 Å². The summed E-state index contributed by atoms with van der Waals surface area (Å²) in [6.45, 7) is 0. The second kappa shape index (κ2) is 5.38. The number of carboxylic acid groups (broad SMARTS) is 1. The molecule has 0 fully saturated rings. The zero-order valence-electron chi connectivity index (χ0n) is 10.4. The molecule has 0 aliphatic rings. The van der Waals surface area contributed by atoms with Gasteiger partial charge in [-0.3, -0.25) is 4.79 Å². The standard InChI is InChI=1S/C15H11ClO3S/c16-10-2-4-14-12(6-10)11-5-9(1-3-13(11)19-14)7-20-8-15(17)18/h1-6H,7-8H2,(H,17,18). The first-order valence-electron chi connectivity index (χ1n) is 6.04. The highest BCUT2D eigenvalue weighted by molar-refractivity contribution is 7.99. The average Bonchev–Trinajstić information content (AvgIpc) is 2.76. The van der Waals surface area contributed by atoms with Crippen LogP contribution in [0.1, 0.15) is 5.56 Å². The number of benzene rings is 2. The van der Waals surface area contributed by atoms with Gasteiger partial charge >= 0.3 is 5.97 Å². The first-order chi connectivity index (χ1) is 9.63. The number of hydrogen-bond acceptors (Lipinski definition) is 3. The van der Waals surface area contributed by atoms with Crippen molar-refractivity contribution in [3.05, 3.63) is 47.0 Å². The van der Waals surface area contributed by atoms with E-state index >= 15 is 0 Å². The SMILES string of the molecule is O=C(O)CSCc1ccc2oc3ccc(Cl)cc3c2c1. The fourth-order valence-electron chi connectivity index (χ4n) is 2.14. The summed E-state index contributed by atoms with van der Waals surface area (Å²) < 4.78 is 5.75. The Balaban J connectivity index is 1.98. The lowest BCUT2D eigenvalue weighted by Gasteiger charge is -2.00. The molecule has 0 aliphatic carbocycles. The van der Waals surface area contributed by atoms with Gasteiger partial charge in [0.1, 0.15) is 11.2 Å². The van der Waals surface area contributed by atoms with Crippen LogP contribution in [-0.2, 0) is 10.5 Å². The van der Waals surface area contributed by atoms with Crippen molar-refractivity contribution in [1.82, 2.24) is 0 Å². The van der Waals surface area contributed by atoms with E-state index in [4.69, 9.17) is 21.1 Å². The van der Waals surface area contributed by atoms with Gasteiger partial charge in [-0.25, -0.2) is 0 Å². The Hall–Kier alpha value is -1.65. The van der Waals surface area contributed by atoms with E-state index in [0.29, 0.717) is 10.8 Å². The molecule has 2 aromatic carbocycles. The van der Waals surface area contributed by atoms with Crippen molar-refractivity contribution < 1.29 is 14.3 Å². The predicted octanol–water partition coefficient (Wildman–Crippen LogP) is 4.56. The summed E-state index contributed by atoms with van der Waals surface area (Å²) in [5.74, 6) is -0.0255. The normalized spacial score (nSPS) is 11.2. The molecule has 102 valence electrons. The molecule has 5 heteroatoms. The Kier molecular flexibility index (Phi) is 3.59. The van der Waals surface area contributed by atoms with E-state index in [2.05, 4.69) is 0 Å². The number of carboxylic acids is 1. The molecule has 0 atom stereocenters. The van der Waals surface area contributed by atoms with Gasteiger partial charge in [-0.05, 0) is 35.9 Å². The molecule has 0 saturated carbocycles. The van der Waals surface area contributed by atoms with Gasteiger partial charge < -0.3 is 9.52 Å². The second-order valence-corrected chi connectivity index (χ2v) is 5.88. The van der Waals surface area contributed by atoms with Crippen molar-refractivity contribution in [3.8, 4) is 0 Å². The monoisotopic (exact) mass is 306 g/mol. The van der Waals surface area contributed by atoms with E-state index in [1.54, 1.807) is 6.07 Å². The van der Waals surface area contributed by atoms with Crippen LogP contribution in [0.5, 0.6) is 0 Å². The van der Waals surface area contributed by atoms with Crippen molar-refractivity contribution in [2.75, 3.05) is 5.75 Å². The molecule has 0 bridgehead atoms. The number of fused-ring (bicyclic) bond motifs is 3. The highest BCUT2D eigenvalue weighted by atomic mass is 35.5. The molecule has 20 heavy (non-hydrogen) atoms. The van der Waals surface area contributed by atoms with E-state index in [1.807, 2.05) is 30.3 Å². The van der Waals surface area contributed by atoms with Crippen LogP contribution < -0.4 is 0 Å². The van der Waals surface area contributed by atoms with Gasteiger partial charge in [0.25, 0.3) is 0 Å². The molecular formula is C15H11ClO3S. The number of hydrogen-bond donors (Lipinski definition) is 1. The van der Waals surface area contributed by atoms with Crippen molar-refractivity contribution in [1.29, 1.82) is 0 Å². The molecule has 0 saturated heterocycles. The minimum atomic E-state index is -0.795. The summed E-state index contributed by atoms with van der Waals surface area (Å²) in [4.78, 5) is 10.5. The first kappa shape index (κ1) is 13.3. The van der Waals surface area contributed by atoms with Gasteiger partial charge in [0.05, 0.1) is 5.75 Å². The molecular weight excluding hydrogens is 296 g/mol. The smallest absolute Gasteiger partial charge is 0.313 e. The van der Waals surface area contributed by atoms with Gasteiger partial charge in [-0.1, -0.05) is 17.7 Å². The minimum Gasteiger partial charge on any atom is -0.481 e. The fourth-order valence-corrected chi connectivity index (χ4v) is 3.01.